The Balaban J connectivity index is 1.62. The van der Waals surface area contributed by atoms with Gasteiger partial charge in [-0.25, -0.2) is 9.78 Å². The summed E-state index contributed by atoms with van der Waals surface area (Å²) in [5.74, 6) is -1.21. The number of thiophene rings is 1. The van der Waals surface area contributed by atoms with Crippen LogP contribution in [-0.4, -0.2) is 23.3 Å². The Hall–Kier alpha value is -3.76. The lowest BCUT2D eigenvalue weighted by Crippen LogP contribution is -2.27. The van der Waals surface area contributed by atoms with Crippen molar-refractivity contribution in [1.82, 2.24) is 4.98 Å². The van der Waals surface area contributed by atoms with Gasteiger partial charge in [-0.15, -0.1) is 11.3 Å². The Bertz CT molecular complexity index is 1620. The smallest absolute Gasteiger partial charge is 0.338 e. The molecule has 40 heavy (non-hydrogen) atoms. The second-order valence-corrected chi connectivity index (χ2v) is 11.5. The molecular weight excluding hydrogens is 564 g/mol. The Morgan fingerprint density at radius 2 is 2.02 bits per heavy atom. The molecule has 0 bridgehead atoms. The number of halogens is 1. The number of esters is 1. The molecular formula is C30H25ClN4O3S2. The first kappa shape index (κ1) is 27.8. The summed E-state index contributed by atoms with van der Waals surface area (Å²) in [6.07, 6.45) is 3.83. The fourth-order valence-corrected chi connectivity index (χ4v) is 7.13. The van der Waals surface area contributed by atoms with Crippen molar-refractivity contribution in [3.8, 4) is 22.6 Å². The van der Waals surface area contributed by atoms with E-state index in [4.69, 9.17) is 31.8 Å². The number of nitrogens with two attached hydrogens (primary N) is 1. The van der Waals surface area contributed by atoms with Crippen molar-refractivity contribution in [2.75, 3.05) is 12.4 Å². The monoisotopic (exact) mass is 588 g/mol. The molecule has 0 saturated heterocycles. The maximum Gasteiger partial charge on any atom is 0.338 e. The van der Waals surface area contributed by atoms with Gasteiger partial charge in [0.15, 0.2) is 0 Å². The van der Waals surface area contributed by atoms with Gasteiger partial charge in [0, 0.05) is 21.2 Å². The number of carbonyl (C=O) groups excluding carboxylic acids is 1. The quantitative estimate of drug-likeness (QED) is 0.241. The van der Waals surface area contributed by atoms with Crippen LogP contribution in [0, 0.1) is 22.7 Å². The number of pyridine rings is 1. The first-order valence-electron chi connectivity index (χ1n) is 12.8. The molecule has 1 aromatic carbocycles. The van der Waals surface area contributed by atoms with Crippen molar-refractivity contribution in [3.05, 3.63) is 92.0 Å². The predicted octanol–water partition coefficient (Wildman–Crippen LogP) is 6.63. The molecule has 202 valence electrons. The lowest BCUT2D eigenvalue weighted by atomic mass is 9.83. The van der Waals surface area contributed by atoms with Gasteiger partial charge in [0.05, 0.1) is 29.4 Å². The molecule has 0 radical (unpaired) electrons. The van der Waals surface area contributed by atoms with E-state index < -0.39 is 11.9 Å². The van der Waals surface area contributed by atoms with Crippen molar-refractivity contribution in [2.24, 2.45) is 5.73 Å². The lowest BCUT2D eigenvalue weighted by Gasteiger charge is -2.28. The molecule has 0 amide bonds. The normalized spacial score (nSPS) is 16.6. The van der Waals surface area contributed by atoms with E-state index in [1.54, 1.807) is 42.5 Å². The number of allylic oxidation sites excluding steroid dienone is 1. The van der Waals surface area contributed by atoms with Gasteiger partial charge in [0.1, 0.15) is 28.5 Å². The number of aromatic nitrogens is 1. The molecule has 0 unspecified atom stereocenters. The number of hydrogen-bond acceptors (Lipinski definition) is 9. The van der Waals surface area contributed by atoms with E-state index in [1.165, 1.54) is 11.8 Å². The molecule has 1 aliphatic carbocycles. The number of ether oxygens (including phenoxy) is 2. The minimum Gasteiger partial charge on any atom is -0.463 e. The molecule has 0 saturated carbocycles. The van der Waals surface area contributed by atoms with Gasteiger partial charge in [-0.3, -0.25) is 0 Å². The van der Waals surface area contributed by atoms with Gasteiger partial charge in [0.25, 0.3) is 0 Å². The van der Waals surface area contributed by atoms with Crippen LogP contribution in [0.5, 0.6) is 0 Å². The average molecular weight is 589 g/mol. The zero-order valence-corrected chi connectivity index (χ0v) is 24.1. The topological polar surface area (TPSA) is 122 Å². The maximum absolute atomic E-state index is 13.4. The van der Waals surface area contributed by atoms with Crippen molar-refractivity contribution < 1.29 is 14.3 Å². The van der Waals surface area contributed by atoms with Crippen LogP contribution in [0.1, 0.15) is 48.1 Å². The van der Waals surface area contributed by atoms with Gasteiger partial charge >= 0.3 is 5.97 Å². The van der Waals surface area contributed by atoms with Gasteiger partial charge in [-0.1, -0.05) is 47.6 Å². The summed E-state index contributed by atoms with van der Waals surface area (Å²) in [5.41, 5.74) is 10.6. The molecule has 3 aromatic rings. The first-order valence-corrected chi connectivity index (χ1v) is 15.1. The van der Waals surface area contributed by atoms with Gasteiger partial charge < -0.3 is 15.2 Å². The number of benzene rings is 1. The molecule has 2 N–H and O–H groups in total. The largest absolute Gasteiger partial charge is 0.463 e. The Morgan fingerprint density at radius 3 is 2.73 bits per heavy atom. The number of thioether (sulfide) groups is 1. The van der Waals surface area contributed by atoms with Crippen LogP contribution in [0.25, 0.3) is 10.4 Å². The standard InChI is InChI=1S/C30H25ClN4O3S2/c1-2-37-30(36)27-23(38-28(34)19(14-32)26(27)17-8-3-5-10-21(17)31)16-40-29-20(15-33)25(24-12-7-13-39-24)18-9-4-6-11-22(18)35-29/h3,5,7-8,10,12-13,26H,2,4,6,9,11,16,34H2,1H3/t26-/m0/s1. The summed E-state index contributed by atoms with van der Waals surface area (Å²) in [7, 11) is 0. The summed E-state index contributed by atoms with van der Waals surface area (Å²) < 4.78 is 11.3. The highest BCUT2D eigenvalue weighted by atomic mass is 35.5. The number of rotatable bonds is 7. The van der Waals surface area contributed by atoms with Gasteiger partial charge in [-0.05, 0) is 61.2 Å². The van der Waals surface area contributed by atoms with Crippen LogP contribution in [0.4, 0.5) is 0 Å². The highest BCUT2D eigenvalue weighted by Crippen LogP contribution is 2.44. The zero-order valence-electron chi connectivity index (χ0n) is 21.7. The summed E-state index contributed by atoms with van der Waals surface area (Å²) in [6.45, 7) is 1.84. The van der Waals surface area contributed by atoms with Gasteiger partial charge in [-0.2, -0.15) is 10.5 Å². The molecule has 0 spiro atoms. The van der Waals surface area contributed by atoms with E-state index in [0.29, 0.717) is 21.2 Å². The molecule has 3 heterocycles. The fraction of sp³-hybridized carbons (Fsp3) is 0.267. The van der Waals surface area contributed by atoms with Crippen LogP contribution in [0.3, 0.4) is 0 Å². The molecule has 1 aliphatic heterocycles. The molecule has 10 heteroatoms. The molecule has 7 nitrogen and oxygen atoms in total. The average Bonchev–Trinajstić information content (AvgIpc) is 3.50. The molecule has 1 atom stereocenters. The summed E-state index contributed by atoms with van der Waals surface area (Å²) >= 11 is 9.43. The summed E-state index contributed by atoms with van der Waals surface area (Å²) in [4.78, 5) is 19.3. The van der Waals surface area contributed by atoms with Crippen molar-refractivity contribution in [2.45, 2.75) is 43.6 Å². The number of fused-ring (bicyclic) bond motifs is 1. The highest BCUT2D eigenvalue weighted by molar-refractivity contribution is 7.99. The Labute approximate surface area is 245 Å². The molecule has 0 fully saturated rings. The number of hydrogen-bond donors (Lipinski definition) is 1. The number of carbonyl (C=O) groups is 1. The van der Waals surface area contributed by atoms with E-state index in [2.05, 4.69) is 12.1 Å². The maximum atomic E-state index is 13.4. The lowest BCUT2D eigenvalue weighted by molar-refractivity contribution is -0.139. The van der Waals surface area contributed by atoms with E-state index in [1.807, 2.05) is 17.5 Å². The summed E-state index contributed by atoms with van der Waals surface area (Å²) in [5, 5.41) is 23.2. The van der Waals surface area contributed by atoms with Crippen molar-refractivity contribution >= 4 is 40.7 Å². The van der Waals surface area contributed by atoms with Crippen LogP contribution in [0.2, 0.25) is 5.02 Å². The first-order chi connectivity index (χ1) is 19.5. The van der Waals surface area contributed by atoms with Crippen LogP contribution < -0.4 is 5.73 Å². The van der Waals surface area contributed by atoms with Gasteiger partial charge in [0.2, 0.25) is 5.88 Å². The summed E-state index contributed by atoms with van der Waals surface area (Å²) in [6, 6.07) is 15.5. The van der Waals surface area contributed by atoms with E-state index in [0.717, 1.165) is 47.4 Å². The second-order valence-electron chi connectivity index (χ2n) is 9.18. The third-order valence-electron chi connectivity index (χ3n) is 6.87. The zero-order chi connectivity index (χ0) is 28.2. The molecule has 2 aromatic heterocycles. The Kier molecular flexibility index (Phi) is 8.46. The third-order valence-corrected chi connectivity index (χ3v) is 9.08. The predicted molar refractivity (Wildman–Crippen MR) is 155 cm³/mol. The molecule has 2 aliphatic rings. The van der Waals surface area contributed by atoms with Crippen LogP contribution in [-0.2, 0) is 27.1 Å². The minimum absolute atomic E-state index is 0.0782. The SMILES string of the molecule is CCOC(=O)C1=C(CSc2nc3c(c(-c4cccs4)c2C#N)CCCC3)OC(N)=C(C#N)[C@@H]1c1ccccc1Cl. The van der Waals surface area contributed by atoms with E-state index in [9.17, 15) is 15.3 Å². The van der Waals surface area contributed by atoms with E-state index in [-0.39, 0.29) is 35.1 Å². The van der Waals surface area contributed by atoms with Crippen LogP contribution >= 0.6 is 34.7 Å². The highest BCUT2D eigenvalue weighted by Gasteiger charge is 2.38. The minimum atomic E-state index is -0.865. The fourth-order valence-electron chi connectivity index (χ4n) is 5.13. The van der Waals surface area contributed by atoms with Crippen LogP contribution in [0.15, 0.2) is 69.6 Å². The second kappa shape index (κ2) is 12.2. The number of aryl methyl sites for hydroxylation is 1. The number of nitrogens with zero attached hydrogens (tertiary/aromatic N) is 3. The van der Waals surface area contributed by atoms with Crippen molar-refractivity contribution in [3.63, 3.8) is 0 Å². The number of nitriles is 2. The molecule has 5 rings (SSSR count). The Morgan fingerprint density at radius 1 is 1.23 bits per heavy atom. The van der Waals surface area contributed by atoms with E-state index >= 15 is 0 Å². The van der Waals surface area contributed by atoms with Crippen molar-refractivity contribution in [1.29, 1.82) is 10.5 Å². The third kappa shape index (κ3) is 5.21.